The first-order valence-corrected chi connectivity index (χ1v) is 4.92. The lowest BCUT2D eigenvalue weighted by Gasteiger charge is -1.98. The average Bonchev–Trinajstić information content (AvgIpc) is 2.44. The summed E-state index contributed by atoms with van der Waals surface area (Å²) in [5, 5.41) is -0.346. The molecule has 1 aliphatic heterocycles. The van der Waals surface area contributed by atoms with E-state index < -0.39 is 0 Å². The molecule has 0 aromatic heterocycles. The third kappa shape index (κ3) is 1.70. The number of hydrogen-bond acceptors (Lipinski definition) is 2. The second kappa shape index (κ2) is 3.42. The van der Waals surface area contributed by atoms with Gasteiger partial charge in [0.25, 0.3) is 5.20 Å². The second-order valence-corrected chi connectivity index (χ2v) is 3.53. The van der Waals surface area contributed by atoms with Gasteiger partial charge in [-0.1, -0.05) is 12.1 Å². The molecule has 2 nitrogen and oxygen atoms in total. The normalized spacial score (nSPS) is 18.7. The van der Waals surface area contributed by atoms with E-state index in [1.807, 2.05) is 24.3 Å². The standard InChI is InChI=1S/C10H9BrO2/c1-2-3-7-4-5-8-9(6-7)13-10(11)12-8/h2,4-6,10H,1,3H2. The summed E-state index contributed by atoms with van der Waals surface area (Å²) < 4.78 is 10.7. The van der Waals surface area contributed by atoms with Gasteiger partial charge in [0.1, 0.15) is 0 Å². The molecule has 0 amide bonds. The molecule has 0 N–H and O–H groups in total. The highest BCUT2D eigenvalue weighted by molar-refractivity contribution is 9.09. The third-order valence-corrected chi connectivity index (χ3v) is 2.20. The van der Waals surface area contributed by atoms with Crippen LogP contribution in [0.1, 0.15) is 5.56 Å². The van der Waals surface area contributed by atoms with E-state index in [2.05, 4.69) is 22.5 Å². The van der Waals surface area contributed by atoms with Gasteiger partial charge in [-0.3, -0.25) is 0 Å². The first-order valence-electron chi connectivity index (χ1n) is 4.01. The summed E-state index contributed by atoms with van der Waals surface area (Å²) in [6.07, 6.45) is 2.72. The van der Waals surface area contributed by atoms with Crippen molar-refractivity contribution in [3.63, 3.8) is 0 Å². The highest BCUT2D eigenvalue weighted by Gasteiger charge is 2.20. The number of fused-ring (bicyclic) bond motifs is 1. The maximum absolute atomic E-state index is 5.35. The van der Waals surface area contributed by atoms with Gasteiger partial charge < -0.3 is 9.47 Å². The lowest BCUT2D eigenvalue weighted by molar-refractivity contribution is 0.143. The summed E-state index contributed by atoms with van der Waals surface area (Å²) in [7, 11) is 0. The van der Waals surface area contributed by atoms with Crippen molar-refractivity contribution in [2.75, 3.05) is 0 Å². The van der Waals surface area contributed by atoms with E-state index in [0.29, 0.717) is 0 Å². The van der Waals surface area contributed by atoms with Crippen molar-refractivity contribution in [1.82, 2.24) is 0 Å². The quantitative estimate of drug-likeness (QED) is 0.585. The van der Waals surface area contributed by atoms with E-state index in [0.717, 1.165) is 17.9 Å². The fourth-order valence-electron chi connectivity index (χ4n) is 1.26. The summed E-state index contributed by atoms with van der Waals surface area (Å²) in [6.45, 7) is 3.68. The molecule has 0 saturated heterocycles. The highest BCUT2D eigenvalue weighted by Crippen LogP contribution is 2.36. The molecule has 0 bridgehead atoms. The fourth-order valence-corrected chi connectivity index (χ4v) is 1.66. The van der Waals surface area contributed by atoms with Gasteiger partial charge in [0.05, 0.1) is 0 Å². The van der Waals surface area contributed by atoms with E-state index in [1.54, 1.807) is 0 Å². The average molecular weight is 241 g/mol. The van der Waals surface area contributed by atoms with Gasteiger partial charge in [-0.25, -0.2) is 0 Å². The van der Waals surface area contributed by atoms with Crippen molar-refractivity contribution in [1.29, 1.82) is 0 Å². The Bertz CT molecular complexity index is 336. The van der Waals surface area contributed by atoms with Crippen LogP contribution < -0.4 is 9.47 Å². The van der Waals surface area contributed by atoms with Crippen LogP contribution in [0.5, 0.6) is 11.5 Å². The van der Waals surface area contributed by atoms with Crippen LogP contribution in [0.3, 0.4) is 0 Å². The van der Waals surface area contributed by atoms with E-state index in [1.165, 1.54) is 5.56 Å². The molecule has 0 spiro atoms. The van der Waals surface area contributed by atoms with E-state index in [9.17, 15) is 0 Å². The van der Waals surface area contributed by atoms with Gasteiger partial charge in [0.15, 0.2) is 11.5 Å². The third-order valence-electron chi connectivity index (χ3n) is 1.83. The largest absolute Gasteiger partial charge is 0.441 e. The number of ether oxygens (including phenoxy) is 2. The minimum absolute atomic E-state index is 0.346. The minimum Gasteiger partial charge on any atom is -0.441 e. The van der Waals surface area contributed by atoms with Crippen molar-refractivity contribution in [2.45, 2.75) is 11.6 Å². The molecule has 1 atom stereocenters. The van der Waals surface area contributed by atoms with Crippen LogP contribution in [-0.2, 0) is 6.42 Å². The first kappa shape index (κ1) is 8.63. The lowest BCUT2D eigenvalue weighted by Crippen LogP contribution is -2.06. The highest BCUT2D eigenvalue weighted by atomic mass is 79.9. The van der Waals surface area contributed by atoms with Crippen LogP contribution in [-0.4, -0.2) is 5.20 Å². The number of hydrogen-bond donors (Lipinski definition) is 0. The van der Waals surface area contributed by atoms with Gasteiger partial charge in [0.2, 0.25) is 0 Å². The van der Waals surface area contributed by atoms with Crippen LogP contribution in [0.4, 0.5) is 0 Å². The zero-order valence-corrected chi connectivity index (χ0v) is 8.58. The molecule has 1 aromatic rings. The maximum Gasteiger partial charge on any atom is 0.298 e. The zero-order valence-electron chi connectivity index (χ0n) is 7.00. The first-order chi connectivity index (χ1) is 6.29. The maximum atomic E-state index is 5.35. The van der Waals surface area contributed by atoms with Gasteiger partial charge in [-0.05, 0) is 24.1 Å². The Balaban J connectivity index is 2.29. The molecular weight excluding hydrogens is 232 g/mol. The van der Waals surface area contributed by atoms with Crippen LogP contribution >= 0.6 is 15.9 Å². The molecule has 3 heteroatoms. The molecule has 1 aromatic carbocycles. The van der Waals surface area contributed by atoms with E-state index in [-0.39, 0.29) is 5.20 Å². The second-order valence-electron chi connectivity index (χ2n) is 2.78. The Hall–Kier alpha value is -0.960. The number of halogens is 1. The van der Waals surface area contributed by atoms with E-state index >= 15 is 0 Å². The van der Waals surface area contributed by atoms with Gasteiger partial charge in [-0.2, -0.15) is 0 Å². The summed E-state index contributed by atoms with van der Waals surface area (Å²) in [5.41, 5.74) is 1.18. The Morgan fingerprint density at radius 2 is 2.15 bits per heavy atom. The van der Waals surface area contributed by atoms with Gasteiger partial charge in [0, 0.05) is 15.9 Å². The monoisotopic (exact) mass is 240 g/mol. The number of alkyl halides is 1. The Morgan fingerprint density at radius 3 is 2.92 bits per heavy atom. The van der Waals surface area contributed by atoms with Crippen molar-refractivity contribution in [3.05, 3.63) is 36.4 Å². The topological polar surface area (TPSA) is 18.5 Å². The molecule has 1 unspecified atom stereocenters. The molecule has 13 heavy (non-hydrogen) atoms. The van der Waals surface area contributed by atoms with E-state index in [4.69, 9.17) is 9.47 Å². The smallest absolute Gasteiger partial charge is 0.298 e. The predicted octanol–water partition coefficient (Wildman–Crippen LogP) is 2.86. The molecule has 1 heterocycles. The number of allylic oxidation sites excluding steroid dienone is 1. The number of benzene rings is 1. The van der Waals surface area contributed by atoms with Crippen LogP contribution in [0, 0.1) is 0 Å². The summed E-state index contributed by atoms with van der Waals surface area (Å²) in [4.78, 5) is 0. The summed E-state index contributed by atoms with van der Waals surface area (Å²) in [6, 6.07) is 5.89. The fraction of sp³-hybridized carbons (Fsp3) is 0.200. The molecular formula is C10H9BrO2. The van der Waals surface area contributed by atoms with Gasteiger partial charge in [-0.15, -0.1) is 6.58 Å². The Kier molecular flexibility index (Phi) is 2.27. The molecule has 68 valence electrons. The molecule has 2 rings (SSSR count). The zero-order chi connectivity index (χ0) is 9.26. The van der Waals surface area contributed by atoms with Crippen LogP contribution in [0.2, 0.25) is 0 Å². The molecule has 0 fully saturated rings. The molecule has 1 aliphatic rings. The SMILES string of the molecule is C=CCc1ccc2c(c1)OC(Br)O2. The molecule has 0 aliphatic carbocycles. The summed E-state index contributed by atoms with van der Waals surface area (Å²) in [5.74, 6) is 1.58. The molecule has 0 saturated carbocycles. The molecule has 0 radical (unpaired) electrons. The summed E-state index contributed by atoms with van der Waals surface area (Å²) >= 11 is 3.22. The van der Waals surface area contributed by atoms with Crippen molar-refractivity contribution >= 4 is 15.9 Å². The predicted molar refractivity (Wildman–Crippen MR) is 54.3 cm³/mol. The lowest BCUT2D eigenvalue weighted by atomic mass is 10.1. The van der Waals surface area contributed by atoms with Crippen molar-refractivity contribution in [2.24, 2.45) is 0 Å². The minimum atomic E-state index is -0.346. The van der Waals surface area contributed by atoms with Crippen molar-refractivity contribution < 1.29 is 9.47 Å². The number of rotatable bonds is 2. The van der Waals surface area contributed by atoms with Crippen LogP contribution in [0.15, 0.2) is 30.9 Å². The Labute approximate surface area is 85.3 Å². The van der Waals surface area contributed by atoms with Crippen molar-refractivity contribution in [3.8, 4) is 11.5 Å². The Morgan fingerprint density at radius 1 is 1.38 bits per heavy atom. The van der Waals surface area contributed by atoms with Gasteiger partial charge >= 0.3 is 0 Å². The van der Waals surface area contributed by atoms with Crippen LogP contribution in [0.25, 0.3) is 0 Å².